The predicted molar refractivity (Wildman–Crippen MR) is 137 cm³/mol. The van der Waals surface area contributed by atoms with E-state index in [0.29, 0.717) is 40.4 Å². The van der Waals surface area contributed by atoms with Crippen molar-refractivity contribution in [3.63, 3.8) is 0 Å². The predicted octanol–water partition coefficient (Wildman–Crippen LogP) is 5.85. The SMILES string of the molecule is CCOc1ccc(C(C)=O)cc1CSc1nnc(-c2ccccc2)n1-c1ccc(OC)c(OC)c1. The highest BCUT2D eigenvalue weighted by Crippen LogP contribution is 2.35. The molecule has 0 aliphatic heterocycles. The van der Waals surface area contributed by atoms with Crippen LogP contribution in [0.25, 0.3) is 17.1 Å². The third-order valence-corrected chi connectivity index (χ3v) is 6.39. The number of benzene rings is 3. The standard InChI is InChI=1S/C27H27N3O4S/c1-5-34-23-13-11-20(18(2)31)15-21(23)17-35-27-29-28-26(19-9-7-6-8-10-19)30(27)22-12-14-24(32-3)25(16-22)33-4/h6-16H,5,17H2,1-4H3. The Morgan fingerprint density at radius 2 is 1.66 bits per heavy atom. The molecule has 4 rings (SSSR count). The van der Waals surface area contributed by atoms with E-state index in [0.717, 1.165) is 22.6 Å². The Hall–Kier alpha value is -3.78. The fraction of sp³-hybridized carbons (Fsp3) is 0.222. The molecular weight excluding hydrogens is 462 g/mol. The zero-order valence-corrected chi connectivity index (χ0v) is 21.0. The van der Waals surface area contributed by atoms with Crippen molar-refractivity contribution in [3.05, 3.63) is 77.9 Å². The van der Waals surface area contributed by atoms with Crippen molar-refractivity contribution in [2.75, 3.05) is 20.8 Å². The maximum absolute atomic E-state index is 12.0. The average molecular weight is 490 g/mol. The molecule has 0 spiro atoms. The van der Waals surface area contributed by atoms with E-state index in [1.54, 1.807) is 27.2 Å². The molecule has 0 aliphatic rings. The average Bonchev–Trinajstić information content (AvgIpc) is 3.32. The van der Waals surface area contributed by atoms with E-state index in [1.807, 2.05) is 72.2 Å². The van der Waals surface area contributed by atoms with E-state index >= 15 is 0 Å². The molecule has 0 saturated carbocycles. The minimum Gasteiger partial charge on any atom is -0.494 e. The van der Waals surface area contributed by atoms with Crippen molar-refractivity contribution in [2.45, 2.75) is 24.8 Å². The number of carbonyl (C=O) groups is 1. The lowest BCUT2D eigenvalue weighted by Gasteiger charge is -2.14. The van der Waals surface area contributed by atoms with E-state index in [-0.39, 0.29) is 5.78 Å². The number of rotatable bonds is 10. The quantitative estimate of drug-likeness (QED) is 0.204. The van der Waals surface area contributed by atoms with Gasteiger partial charge in [0.15, 0.2) is 28.3 Å². The Morgan fingerprint density at radius 1 is 0.914 bits per heavy atom. The number of thioether (sulfide) groups is 1. The second-order valence-electron chi connectivity index (χ2n) is 7.65. The van der Waals surface area contributed by atoms with E-state index in [2.05, 4.69) is 10.2 Å². The number of carbonyl (C=O) groups excluding carboxylic acids is 1. The summed E-state index contributed by atoms with van der Waals surface area (Å²) in [7, 11) is 3.22. The van der Waals surface area contributed by atoms with Gasteiger partial charge in [-0.15, -0.1) is 10.2 Å². The largest absolute Gasteiger partial charge is 0.494 e. The third-order valence-electron chi connectivity index (χ3n) is 5.41. The van der Waals surface area contributed by atoms with Crippen LogP contribution in [0.5, 0.6) is 17.2 Å². The number of Topliss-reactive ketones (excluding diaryl/α,β-unsaturated/α-hetero) is 1. The first-order valence-electron chi connectivity index (χ1n) is 11.2. The van der Waals surface area contributed by atoms with Gasteiger partial charge in [0.1, 0.15) is 5.75 Å². The molecule has 0 fully saturated rings. The highest BCUT2D eigenvalue weighted by molar-refractivity contribution is 7.98. The highest BCUT2D eigenvalue weighted by atomic mass is 32.2. The summed E-state index contributed by atoms with van der Waals surface area (Å²) in [6, 6.07) is 21.1. The number of methoxy groups -OCH3 is 2. The van der Waals surface area contributed by atoms with Crippen molar-refractivity contribution >= 4 is 17.5 Å². The fourth-order valence-electron chi connectivity index (χ4n) is 3.68. The number of ketones is 1. The summed E-state index contributed by atoms with van der Waals surface area (Å²) in [6.45, 7) is 4.04. The first-order chi connectivity index (χ1) is 17.0. The van der Waals surface area contributed by atoms with Crippen LogP contribution in [-0.4, -0.2) is 41.4 Å². The lowest BCUT2D eigenvalue weighted by atomic mass is 10.1. The number of hydrogen-bond acceptors (Lipinski definition) is 7. The van der Waals surface area contributed by atoms with E-state index in [9.17, 15) is 4.79 Å². The normalized spacial score (nSPS) is 10.7. The third kappa shape index (κ3) is 5.33. The Balaban J connectivity index is 1.76. The zero-order chi connectivity index (χ0) is 24.8. The molecule has 0 atom stereocenters. The van der Waals surface area contributed by atoms with Gasteiger partial charge in [-0.25, -0.2) is 0 Å². The van der Waals surface area contributed by atoms with Crippen LogP contribution in [0.2, 0.25) is 0 Å². The number of aromatic nitrogens is 3. The maximum Gasteiger partial charge on any atom is 0.196 e. The van der Waals surface area contributed by atoms with E-state index in [4.69, 9.17) is 14.2 Å². The van der Waals surface area contributed by atoms with Gasteiger partial charge in [-0.2, -0.15) is 0 Å². The molecule has 0 radical (unpaired) electrons. The summed E-state index contributed by atoms with van der Waals surface area (Å²) in [5.74, 6) is 3.28. The van der Waals surface area contributed by atoms with Gasteiger partial charge in [0.05, 0.1) is 26.5 Å². The smallest absolute Gasteiger partial charge is 0.196 e. The van der Waals surface area contributed by atoms with Crippen LogP contribution < -0.4 is 14.2 Å². The second kappa shape index (κ2) is 11.1. The molecule has 0 amide bonds. The zero-order valence-electron chi connectivity index (χ0n) is 20.1. The molecular formula is C27H27N3O4S. The molecule has 35 heavy (non-hydrogen) atoms. The molecule has 0 unspecified atom stereocenters. The van der Waals surface area contributed by atoms with Gasteiger partial charge in [-0.3, -0.25) is 9.36 Å². The van der Waals surface area contributed by atoms with Crippen molar-refractivity contribution in [3.8, 4) is 34.3 Å². The Bertz CT molecular complexity index is 1320. The molecule has 3 aromatic carbocycles. The van der Waals surface area contributed by atoms with Crippen LogP contribution >= 0.6 is 11.8 Å². The van der Waals surface area contributed by atoms with Crippen LogP contribution in [-0.2, 0) is 5.75 Å². The monoisotopic (exact) mass is 489 g/mol. The highest BCUT2D eigenvalue weighted by Gasteiger charge is 2.19. The van der Waals surface area contributed by atoms with E-state index < -0.39 is 0 Å². The van der Waals surface area contributed by atoms with Crippen LogP contribution in [0.4, 0.5) is 0 Å². The number of nitrogens with zero attached hydrogens (tertiary/aromatic N) is 3. The van der Waals surface area contributed by atoms with Gasteiger partial charge in [0, 0.05) is 28.5 Å². The Labute approximate surface area is 209 Å². The van der Waals surface area contributed by atoms with Gasteiger partial charge < -0.3 is 14.2 Å². The van der Waals surface area contributed by atoms with Gasteiger partial charge in [0.2, 0.25) is 0 Å². The minimum atomic E-state index is 0.0131. The first kappa shape index (κ1) is 24.3. The molecule has 8 heteroatoms. The van der Waals surface area contributed by atoms with Gasteiger partial charge in [0.25, 0.3) is 0 Å². The van der Waals surface area contributed by atoms with Crippen LogP contribution in [0, 0.1) is 0 Å². The lowest BCUT2D eigenvalue weighted by Crippen LogP contribution is -2.02. The molecule has 0 bridgehead atoms. The summed E-state index contributed by atoms with van der Waals surface area (Å²) in [4.78, 5) is 12.0. The summed E-state index contributed by atoms with van der Waals surface area (Å²) in [5.41, 5.74) is 3.36. The van der Waals surface area contributed by atoms with Crippen LogP contribution in [0.3, 0.4) is 0 Å². The minimum absolute atomic E-state index is 0.0131. The molecule has 7 nitrogen and oxygen atoms in total. The Morgan fingerprint density at radius 3 is 2.34 bits per heavy atom. The molecule has 0 N–H and O–H groups in total. The first-order valence-corrected chi connectivity index (χ1v) is 12.2. The summed E-state index contributed by atoms with van der Waals surface area (Å²) in [6.07, 6.45) is 0. The maximum atomic E-state index is 12.0. The van der Waals surface area contributed by atoms with E-state index in [1.165, 1.54) is 11.8 Å². The van der Waals surface area contributed by atoms with Gasteiger partial charge in [-0.1, -0.05) is 42.1 Å². The molecule has 1 aromatic heterocycles. The molecule has 0 aliphatic carbocycles. The molecule has 4 aromatic rings. The van der Waals surface area contributed by atoms with Crippen molar-refractivity contribution in [2.24, 2.45) is 0 Å². The molecule has 180 valence electrons. The van der Waals surface area contributed by atoms with Crippen LogP contribution in [0.1, 0.15) is 29.8 Å². The van der Waals surface area contributed by atoms with Crippen molar-refractivity contribution in [1.82, 2.24) is 14.8 Å². The summed E-state index contributed by atoms with van der Waals surface area (Å²) < 4.78 is 18.8. The van der Waals surface area contributed by atoms with Crippen molar-refractivity contribution in [1.29, 1.82) is 0 Å². The van der Waals surface area contributed by atoms with Crippen LogP contribution in [0.15, 0.2) is 71.9 Å². The van der Waals surface area contributed by atoms with Gasteiger partial charge >= 0.3 is 0 Å². The second-order valence-corrected chi connectivity index (χ2v) is 8.59. The summed E-state index contributed by atoms with van der Waals surface area (Å²) >= 11 is 1.52. The van der Waals surface area contributed by atoms with Crippen molar-refractivity contribution < 1.29 is 19.0 Å². The summed E-state index contributed by atoms with van der Waals surface area (Å²) in [5, 5.41) is 9.72. The Kier molecular flexibility index (Phi) is 7.72. The fourth-order valence-corrected chi connectivity index (χ4v) is 4.61. The topological polar surface area (TPSA) is 75.5 Å². The molecule has 1 heterocycles. The van der Waals surface area contributed by atoms with Gasteiger partial charge in [-0.05, 0) is 44.2 Å². The number of ether oxygens (including phenoxy) is 3. The number of hydrogen-bond donors (Lipinski definition) is 0. The molecule has 0 saturated heterocycles. The lowest BCUT2D eigenvalue weighted by molar-refractivity contribution is 0.101.